The van der Waals surface area contributed by atoms with E-state index in [2.05, 4.69) is 10.3 Å². The maximum Gasteiger partial charge on any atom is 0.239 e. The predicted octanol–water partition coefficient (Wildman–Crippen LogP) is 2.45. The van der Waals surface area contributed by atoms with E-state index in [1.165, 1.54) is 25.4 Å². The van der Waals surface area contributed by atoms with Crippen LogP contribution in [0, 0.1) is 5.82 Å². The lowest BCUT2D eigenvalue weighted by molar-refractivity contribution is -0.123. The third kappa shape index (κ3) is 7.23. The zero-order valence-corrected chi connectivity index (χ0v) is 15.1. The molecule has 0 bridgehead atoms. The number of rotatable bonds is 7. The summed E-state index contributed by atoms with van der Waals surface area (Å²) in [5.74, 6) is -0.355. The largest absolute Gasteiger partial charge is 0.453 e. The second-order valence-electron chi connectivity index (χ2n) is 4.84. The number of nitrogens with one attached hydrogen (secondary N) is 1. The number of carbonyl (C=O) groups is 1. The molecular weight excluding hydrogens is 372 g/mol. The normalized spacial score (nSPS) is 10.8. The van der Waals surface area contributed by atoms with E-state index in [0.717, 1.165) is 0 Å². The first-order valence-corrected chi connectivity index (χ1v) is 6.98. The summed E-state index contributed by atoms with van der Waals surface area (Å²) in [6.45, 7) is 0.290. The van der Waals surface area contributed by atoms with Gasteiger partial charge in [0.25, 0.3) is 0 Å². The Hall–Kier alpha value is -1.93. The SMILES string of the molecule is COCC(N)C(=O)NCc1ccc(Oc2cccnc2)c(F)c1.Cl.Cl. The molecule has 0 aliphatic heterocycles. The Labute approximate surface area is 157 Å². The molecule has 1 aromatic carbocycles. The Morgan fingerprint density at radius 2 is 2.12 bits per heavy atom. The van der Waals surface area contributed by atoms with Crippen LogP contribution in [0.4, 0.5) is 4.39 Å². The third-order valence-electron chi connectivity index (χ3n) is 3.01. The number of halogens is 3. The van der Waals surface area contributed by atoms with Gasteiger partial charge in [0.1, 0.15) is 11.8 Å². The van der Waals surface area contributed by atoms with Crippen LogP contribution in [-0.2, 0) is 16.1 Å². The number of nitrogens with two attached hydrogens (primary N) is 1. The summed E-state index contributed by atoms with van der Waals surface area (Å²) in [5, 5.41) is 2.62. The number of pyridine rings is 1. The summed E-state index contributed by atoms with van der Waals surface area (Å²) in [5.41, 5.74) is 6.19. The van der Waals surface area contributed by atoms with E-state index in [1.54, 1.807) is 24.4 Å². The van der Waals surface area contributed by atoms with Gasteiger partial charge in [-0.05, 0) is 29.8 Å². The zero-order chi connectivity index (χ0) is 16.7. The third-order valence-corrected chi connectivity index (χ3v) is 3.01. The van der Waals surface area contributed by atoms with Gasteiger partial charge in [-0.3, -0.25) is 9.78 Å². The summed E-state index contributed by atoms with van der Waals surface area (Å²) >= 11 is 0. The van der Waals surface area contributed by atoms with Gasteiger partial charge >= 0.3 is 0 Å². The number of nitrogens with zero attached hydrogens (tertiary/aromatic N) is 1. The van der Waals surface area contributed by atoms with Crippen LogP contribution in [0.15, 0.2) is 42.7 Å². The van der Waals surface area contributed by atoms with Crippen molar-refractivity contribution in [2.45, 2.75) is 12.6 Å². The average molecular weight is 392 g/mol. The van der Waals surface area contributed by atoms with Crippen LogP contribution in [0.3, 0.4) is 0 Å². The molecular formula is C16H20Cl2FN3O3. The lowest BCUT2D eigenvalue weighted by Gasteiger charge is -2.12. The Morgan fingerprint density at radius 1 is 1.36 bits per heavy atom. The number of carbonyl (C=O) groups excluding carboxylic acids is 1. The van der Waals surface area contributed by atoms with Crippen molar-refractivity contribution in [3.8, 4) is 11.5 Å². The van der Waals surface area contributed by atoms with Crippen LogP contribution in [0.25, 0.3) is 0 Å². The molecule has 0 saturated heterocycles. The number of benzene rings is 1. The average Bonchev–Trinajstić information content (AvgIpc) is 2.56. The van der Waals surface area contributed by atoms with Gasteiger partial charge in [-0.25, -0.2) is 4.39 Å². The lowest BCUT2D eigenvalue weighted by Crippen LogP contribution is -2.43. The molecule has 0 fully saturated rings. The predicted molar refractivity (Wildman–Crippen MR) is 96.9 cm³/mol. The van der Waals surface area contributed by atoms with Crippen molar-refractivity contribution < 1.29 is 18.7 Å². The van der Waals surface area contributed by atoms with Crippen molar-refractivity contribution >= 4 is 30.7 Å². The van der Waals surface area contributed by atoms with Crippen molar-refractivity contribution in [1.82, 2.24) is 10.3 Å². The molecule has 1 unspecified atom stereocenters. The fourth-order valence-electron chi connectivity index (χ4n) is 1.85. The fourth-order valence-corrected chi connectivity index (χ4v) is 1.85. The molecule has 0 aliphatic rings. The van der Waals surface area contributed by atoms with Gasteiger partial charge in [0.15, 0.2) is 11.6 Å². The first-order chi connectivity index (χ1) is 11.1. The Bertz CT molecular complexity index is 662. The van der Waals surface area contributed by atoms with Crippen LogP contribution in [0.5, 0.6) is 11.5 Å². The summed E-state index contributed by atoms with van der Waals surface area (Å²) in [6, 6.07) is 7.08. The van der Waals surface area contributed by atoms with Crippen LogP contribution in [0.2, 0.25) is 0 Å². The molecule has 1 amide bonds. The molecule has 0 aliphatic carbocycles. The van der Waals surface area contributed by atoms with Gasteiger partial charge in [0.2, 0.25) is 5.91 Å². The van der Waals surface area contributed by atoms with E-state index in [4.69, 9.17) is 15.2 Å². The van der Waals surface area contributed by atoms with E-state index in [9.17, 15) is 9.18 Å². The molecule has 2 aromatic rings. The first-order valence-electron chi connectivity index (χ1n) is 6.98. The van der Waals surface area contributed by atoms with Crippen molar-refractivity contribution in [2.24, 2.45) is 5.73 Å². The highest BCUT2D eigenvalue weighted by Crippen LogP contribution is 2.24. The number of hydrogen-bond donors (Lipinski definition) is 2. The number of aromatic nitrogens is 1. The molecule has 138 valence electrons. The van der Waals surface area contributed by atoms with Crippen LogP contribution < -0.4 is 15.8 Å². The van der Waals surface area contributed by atoms with Crippen molar-refractivity contribution in [1.29, 1.82) is 0 Å². The molecule has 9 heteroatoms. The minimum atomic E-state index is -0.752. The highest BCUT2D eigenvalue weighted by atomic mass is 35.5. The summed E-state index contributed by atoms with van der Waals surface area (Å²) in [7, 11) is 1.46. The standard InChI is InChI=1S/C16H18FN3O3.2ClH/c1-22-10-14(18)16(21)20-8-11-4-5-15(13(17)7-11)23-12-3-2-6-19-9-12;;/h2-7,9,14H,8,10,18H2,1H3,(H,20,21);2*1H. The van der Waals surface area contributed by atoms with Gasteiger partial charge in [0, 0.05) is 19.9 Å². The molecule has 1 atom stereocenters. The molecule has 0 radical (unpaired) electrons. The van der Waals surface area contributed by atoms with Gasteiger partial charge in [-0.2, -0.15) is 0 Å². The van der Waals surface area contributed by atoms with Gasteiger partial charge < -0.3 is 20.5 Å². The van der Waals surface area contributed by atoms with Gasteiger partial charge in [0.05, 0.1) is 12.8 Å². The molecule has 2 rings (SSSR count). The number of methoxy groups -OCH3 is 1. The lowest BCUT2D eigenvalue weighted by atomic mass is 10.2. The number of hydrogen-bond acceptors (Lipinski definition) is 5. The minimum Gasteiger partial charge on any atom is -0.453 e. The molecule has 1 aromatic heterocycles. The first kappa shape index (κ1) is 23.1. The summed E-state index contributed by atoms with van der Waals surface area (Å²) in [4.78, 5) is 15.5. The zero-order valence-electron chi connectivity index (χ0n) is 13.5. The monoisotopic (exact) mass is 391 g/mol. The van der Waals surface area contributed by atoms with E-state index in [0.29, 0.717) is 11.3 Å². The van der Waals surface area contributed by atoms with Gasteiger partial charge in [-0.1, -0.05) is 6.07 Å². The second-order valence-corrected chi connectivity index (χ2v) is 4.84. The Balaban J connectivity index is 0.00000288. The second kappa shape index (κ2) is 11.6. The maximum atomic E-state index is 14.0. The molecule has 3 N–H and O–H groups in total. The highest BCUT2D eigenvalue weighted by molar-refractivity contribution is 5.85. The number of ether oxygens (including phenoxy) is 2. The smallest absolute Gasteiger partial charge is 0.239 e. The topological polar surface area (TPSA) is 86.5 Å². The van der Waals surface area contributed by atoms with E-state index < -0.39 is 11.9 Å². The van der Waals surface area contributed by atoms with Crippen LogP contribution in [0.1, 0.15) is 5.56 Å². The fraction of sp³-hybridized carbons (Fsp3) is 0.250. The maximum absolute atomic E-state index is 14.0. The molecule has 1 heterocycles. The van der Waals surface area contributed by atoms with E-state index >= 15 is 0 Å². The van der Waals surface area contributed by atoms with Gasteiger partial charge in [-0.15, -0.1) is 24.8 Å². The van der Waals surface area contributed by atoms with Crippen LogP contribution >= 0.6 is 24.8 Å². The van der Waals surface area contributed by atoms with Crippen molar-refractivity contribution in [3.05, 3.63) is 54.1 Å². The molecule has 25 heavy (non-hydrogen) atoms. The Morgan fingerprint density at radius 3 is 2.72 bits per heavy atom. The molecule has 6 nitrogen and oxygen atoms in total. The Kier molecular flexibility index (Phi) is 10.7. The van der Waals surface area contributed by atoms with Crippen LogP contribution in [-0.4, -0.2) is 30.6 Å². The summed E-state index contributed by atoms with van der Waals surface area (Å²) < 4.78 is 24.2. The van der Waals surface area contributed by atoms with E-state index in [-0.39, 0.29) is 49.6 Å². The van der Waals surface area contributed by atoms with Crippen molar-refractivity contribution in [2.75, 3.05) is 13.7 Å². The summed E-state index contributed by atoms with van der Waals surface area (Å²) in [6.07, 6.45) is 3.09. The minimum absolute atomic E-state index is 0. The number of amides is 1. The quantitative estimate of drug-likeness (QED) is 0.756. The highest BCUT2D eigenvalue weighted by Gasteiger charge is 2.13. The molecule has 0 saturated carbocycles. The molecule has 0 spiro atoms. The van der Waals surface area contributed by atoms with E-state index in [1.807, 2.05) is 0 Å². The van der Waals surface area contributed by atoms with Crippen molar-refractivity contribution in [3.63, 3.8) is 0 Å².